The molecule has 3 aliphatic heterocycles. The highest BCUT2D eigenvalue weighted by Crippen LogP contribution is 2.54. The maximum atomic E-state index is 11.9. The number of halogens is 1. The Labute approximate surface area is 124 Å². The summed E-state index contributed by atoms with van der Waals surface area (Å²) in [6, 6.07) is 5.82. The van der Waals surface area contributed by atoms with Gasteiger partial charge in [0, 0.05) is 16.6 Å². The fraction of sp³-hybridized carbons (Fsp3) is 0.500. The van der Waals surface area contributed by atoms with Gasteiger partial charge in [-0.3, -0.25) is 4.79 Å². The summed E-state index contributed by atoms with van der Waals surface area (Å²) in [4.78, 5) is 11.9. The predicted octanol–water partition coefficient (Wildman–Crippen LogP) is 1.20. The van der Waals surface area contributed by atoms with Crippen LogP contribution in [0.2, 0.25) is 0 Å². The minimum absolute atomic E-state index is 0.227. The Hall–Kier alpha value is -1.11. The normalized spacial score (nSPS) is 30.4. The molecule has 6 heteroatoms. The van der Waals surface area contributed by atoms with E-state index in [2.05, 4.69) is 21.2 Å². The molecule has 0 aromatic heterocycles. The van der Waals surface area contributed by atoms with Crippen LogP contribution in [-0.2, 0) is 19.9 Å². The van der Waals surface area contributed by atoms with Gasteiger partial charge in [-0.1, -0.05) is 15.9 Å². The first-order valence-corrected chi connectivity index (χ1v) is 7.38. The molecule has 1 unspecified atom stereocenters. The smallest absolute Gasteiger partial charge is 0.320 e. The second-order valence-corrected chi connectivity index (χ2v) is 6.52. The van der Waals surface area contributed by atoms with Crippen molar-refractivity contribution in [1.82, 2.24) is 5.32 Å². The first-order chi connectivity index (χ1) is 9.65. The molecule has 0 aliphatic carbocycles. The highest BCUT2D eigenvalue weighted by Gasteiger charge is 2.64. The number of fused-ring (bicyclic) bond motifs is 3. The minimum Gasteiger partial charge on any atom is -0.492 e. The third-order valence-corrected chi connectivity index (χ3v) is 4.92. The molecular weight excluding hydrogens is 326 g/mol. The molecule has 5 nitrogen and oxygen atoms in total. The second kappa shape index (κ2) is 4.19. The number of rotatable bonds is 0. The molecule has 0 amide bonds. The Balaban J connectivity index is 1.90. The van der Waals surface area contributed by atoms with Crippen molar-refractivity contribution in [3.8, 4) is 5.75 Å². The Morgan fingerprint density at radius 2 is 2.10 bits per heavy atom. The third kappa shape index (κ3) is 1.52. The van der Waals surface area contributed by atoms with Crippen LogP contribution in [0.1, 0.15) is 5.56 Å². The van der Waals surface area contributed by atoms with E-state index in [4.69, 9.17) is 14.2 Å². The first-order valence-electron chi connectivity index (χ1n) is 6.58. The first kappa shape index (κ1) is 12.6. The van der Waals surface area contributed by atoms with E-state index < -0.39 is 5.60 Å². The maximum absolute atomic E-state index is 11.9. The van der Waals surface area contributed by atoms with Crippen molar-refractivity contribution in [1.29, 1.82) is 0 Å². The lowest BCUT2D eigenvalue weighted by molar-refractivity contribution is -0.263. The summed E-state index contributed by atoms with van der Waals surface area (Å²) in [5, 5.41) is 3.18. The van der Waals surface area contributed by atoms with E-state index in [-0.39, 0.29) is 17.9 Å². The monoisotopic (exact) mass is 339 g/mol. The van der Waals surface area contributed by atoms with Crippen molar-refractivity contribution in [2.45, 2.75) is 5.60 Å². The molecule has 106 valence electrons. The van der Waals surface area contributed by atoms with Crippen LogP contribution in [0.5, 0.6) is 5.75 Å². The molecule has 1 N–H and O–H groups in total. The van der Waals surface area contributed by atoms with Crippen LogP contribution in [0.4, 0.5) is 0 Å². The Bertz CT molecular complexity index is 587. The SMILES string of the molecule is O=C1CNCC2(O1)c1cc(Br)ccc1OCC21COC1. The maximum Gasteiger partial charge on any atom is 0.320 e. The number of nitrogens with one attached hydrogen (secondary N) is 1. The molecule has 2 fully saturated rings. The third-order valence-electron chi connectivity index (χ3n) is 4.43. The molecule has 0 saturated carbocycles. The van der Waals surface area contributed by atoms with Gasteiger partial charge >= 0.3 is 5.97 Å². The van der Waals surface area contributed by atoms with Crippen molar-refractivity contribution in [3.63, 3.8) is 0 Å². The van der Waals surface area contributed by atoms with Crippen LogP contribution in [0.25, 0.3) is 0 Å². The van der Waals surface area contributed by atoms with E-state index in [1.165, 1.54) is 0 Å². The molecule has 2 spiro atoms. The summed E-state index contributed by atoms with van der Waals surface area (Å²) in [5.41, 5.74) is -0.0658. The summed E-state index contributed by atoms with van der Waals surface area (Å²) in [6.45, 7) is 2.45. The lowest BCUT2D eigenvalue weighted by atomic mass is 9.65. The molecule has 3 heterocycles. The fourth-order valence-electron chi connectivity index (χ4n) is 3.28. The number of ether oxygens (including phenoxy) is 3. The summed E-state index contributed by atoms with van der Waals surface area (Å²) >= 11 is 3.49. The lowest BCUT2D eigenvalue weighted by Crippen LogP contribution is -2.69. The lowest BCUT2D eigenvalue weighted by Gasteiger charge is -2.57. The largest absolute Gasteiger partial charge is 0.492 e. The van der Waals surface area contributed by atoms with Gasteiger partial charge in [0.15, 0.2) is 5.60 Å². The van der Waals surface area contributed by atoms with Gasteiger partial charge in [-0.2, -0.15) is 0 Å². The molecule has 1 aromatic carbocycles. The zero-order valence-corrected chi connectivity index (χ0v) is 12.4. The van der Waals surface area contributed by atoms with E-state index in [9.17, 15) is 4.79 Å². The highest BCUT2D eigenvalue weighted by atomic mass is 79.9. The van der Waals surface area contributed by atoms with Gasteiger partial charge in [0.2, 0.25) is 0 Å². The number of carbonyl (C=O) groups excluding carboxylic acids is 1. The van der Waals surface area contributed by atoms with Crippen molar-refractivity contribution < 1.29 is 19.0 Å². The number of morpholine rings is 1. The molecule has 4 rings (SSSR count). The van der Waals surface area contributed by atoms with Gasteiger partial charge in [-0.05, 0) is 18.2 Å². The van der Waals surface area contributed by atoms with Crippen molar-refractivity contribution in [2.24, 2.45) is 5.41 Å². The molecule has 1 aromatic rings. The van der Waals surface area contributed by atoms with Crippen LogP contribution in [0.15, 0.2) is 22.7 Å². The van der Waals surface area contributed by atoms with Crippen LogP contribution in [-0.4, -0.2) is 38.9 Å². The standard InChI is InChI=1S/C14H14BrNO4/c15-9-1-2-11-10(3-9)14(5-16-4-12(17)20-14)13(8-19-11)6-18-7-13/h1-3,16H,4-8H2. The Morgan fingerprint density at radius 3 is 2.80 bits per heavy atom. The zero-order valence-electron chi connectivity index (χ0n) is 10.8. The topological polar surface area (TPSA) is 56.8 Å². The number of esters is 1. The van der Waals surface area contributed by atoms with E-state index in [1.807, 2.05) is 18.2 Å². The number of hydrogen-bond acceptors (Lipinski definition) is 5. The van der Waals surface area contributed by atoms with Gasteiger partial charge in [0.05, 0.1) is 25.2 Å². The summed E-state index contributed by atoms with van der Waals surface area (Å²) < 4.78 is 18.1. The zero-order chi connectivity index (χ0) is 13.8. The molecule has 3 aliphatic rings. The molecule has 1 atom stereocenters. The molecule has 20 heavy (non-hydrogen) atoms. The number of carbonyl (C=O) groups is 1. The molecular formula is C14H14BrNO4. The van der Waals surface area contributed by atoms with Crippen molar-refractivity contribution in [2.75, 3.05) is 32.9 Å². The summed E-state index contributed by atoms with van der Waals surface area (Å²) in [6.07, 6.45) is 0. The van der Waals surface area contributed by atoms with E-state index in [0.717, 1.165) is 15.8 Å². The minimum atomic E-state index is -0.696. The highest BCUT2D eigenvalue weighted by molar-refractivity contribution is 9.10. The quantitative estimate of drug-likeness (QED) is 0.720. The van der Waals surface area contributed by atoms with Crippen LogP contribution < -0.4 is 10.1 Å². The van der Waals surface area contributed by atoms with Gasteiger partial charge < -0.3 is 19.5 Å². The van der Waals surface area contributed by atoms with Crippen LogP contribution in [0, 0.1) is 5.41 Å². The average Bonchev–Trinajstić information content (AvgIpc) is 2.38. The fourth-order valence-corrected chi connectivity index (χ4v) is 3.64. The molecule has 0 radical (unpaired) electrons. The van der Waals surface area contributed by atoms with E-state index in [1.54, 1.807) is 0 Å². The van der Waals surface area contributed by atoms with E-state index >= 15 is 0 Å². The van der Waals surface area contributed by atoms with E-state index in [0.29, 0.717) is 26.4 Å². The summed E-state index contributed by atoms with van der Waals surface area (Å²) in [7, 11) is 0. The Kier molecular flexibility index (Phi) is 2.64. The molecule has 2 saturated heterocycles. The van der Waals surface area contributed by atoms with Crippen LogP contribution >= 0.6 is 15.9 Å². The van der Waals surface area contributed by atoms with Crippen molar-refractivity contribution >= 4 is 21.9 Å². The van der Waals surface area contributed by atoms with Crippen molar-refractivity contribution in [3.05, 3.63) is 28.2 Å². The predicted molar refractivity (Wildman–Crippen MR) is 73.5 cm³/mol. The average molecular weight is 340 g/mol. The Morgan fingerprint density at radius 1 is 1.25 bits per heavy atom. The number of benzene rings is 1. The van der Waals surface area contributed by atoms with Gasteiger partial charge in [-0.15, -0.1) is 0 Å². The van der Waals surface area contributed by atoms with Gasteiger partial charge in [0.25, 0.3) is 0 Å². The summed E-state index contributed by atoms with van der Waals surface area (Å²) in [5.74, 6) is 0.553. The van der Waals surface area contributed by atoms with Gasteiger partial charge in [0.1, 0.15) is 12.4 Å². The molecule has 0 bridgehead atoms. The van der Waals surface area contributed by atoms with Crippen LogP contribution in [0.3, 0.4) is 0 Å². The second-order valence-electron chi connectivity index (χ2n) is 5.61. The van der Waals surface area contributed by atoms with Gasteiger partial charge in [-0.25, -0.2) is 0 Å². The number of hydrogen-bond donors (Lipinski definition) is 1.